The number of aromatic amines is 1. The molecular formula is C17H22N2O2. The zero-order valence-corrected chi connectivity index (χ0v) is 12.5. The second-order valence-corrected chi connectivity index (χ2v) is 5.56. The number of nitrogens with zero attached hydrogens (tertiary/aromatic N) is 1. The highest BCUT2D eigenvalue weighted by Gasteiger charge is 2.31. The Morgan fingerprint density at radius 3 is 3.14 bits per heavy atom. The SMILES string of the molecule is CCOC(=O)C1CCCN1CCc1c[nH]c2ccccc12. The molecule has 4 nitrogen and oxygen atoms in total. The Morgan fingerprint density at radius 2 is 2.29 bits per heavy atom. The van der Waals surface area contributed by atoms with Crippen LogP contribution in [0.1, 0.15) is 25.3 Å². The Kier molecular flexibility index (Phi) is 4.25. The van der Waals surface area contributed by atoms with Crippen molar-refractivity contribution < 1.29 is 9.53 Å². The molecule has 1 fully saturated rings. The van der Waals surface area contributed by atoms with Gasteiger partial charge in [0, 0.05) is 23.6 Å². The minimum atomic E-state index is -0.0612. The van der Waals surface area contributed by atoms with E-state index in [2.05, 4.69) is 34.3 Å². The summed E-state index contributed by atoms with van der Waals surface area (Å²) in [5.41, 5.74) is 2.50. The second-order valence-electron chi connectivity index (χ2n) is 5.56. The van der Waals surface area contributed by atoms with Crippen molar-refractivity contribution in [3.8, 4) is 0 Å². The molecule has 1 saturated heterocycles. The summed E-state index contributed by atoms with van der Waals surface area (Å²) < 4.78 is 5.18. The quantitative estimate of drug-likeness (QED) is 0.860. The standard InChI is InChI=1S/C17H22N2O2/c1-2-21-17(20)16-8-5-10-19(16)11-9-13-12-18-15-7-4-3-6-14(13)15/h3-4,6-7,12,16,18H,2,5,8-11H2,1H3. The Morgan fingerprint density at radius 1 is 1.43 bits per heavy atom. The lowest BCUT2D eigenvalue weighted by molar-refractivity contribution is -0.148. The van der Waals surface area contributed by atoms with Crippen LogP contribution in [0.25, 0.3) is 10.9 Å². The topological polar surface area (TPSA) is 45.3 Å². The number of rotatable bonds is 5. The Balaban J connectivity index is 1.65. The van der Waals surface area contributed by atoms with Gasteiger partial charge in [-0.15, -0.1) is 0 Å². The first-order chi connectivity index (χ1) is 10.3. The molecule has 0 saturated carbocycles. The first-order valence-electron chi connectivity index (χ1n) is 7.75. The average Bonchev–Trinajstić information content (AvgIpc) is 3.12. The van der Waals surface area contributed by atoms with Crippen molar-refractivity contribution in [2.75, 3.05) is 19.7 Å². The highest BCUT2D eigenvalue weighted by molar-refractivity contribution is 5.83. The van der Waals surface area contributed by atoms with Crippen LogP contribution in [0.3, 0.4) is 0 Å². The van der Waals surface area contributed by atoms with E-state index < -0.39 is 0 Å². The van der Waals surface area contributed by atoms with E-state index in [9.17, 15) is 4.79 Å². The van der Waals surface area contributed by atoms with Gasteiger partial charge in [-0.05, 0) is 44.4 Å². The van der Waals surface area contributed by atoms with Crippen LogP contribution in [0.15, 0.2) is 30.5 Å². The largest absolute Gasteiger partial charge is 0.465 e. The van der Waals surface area contributed by atoms with E-state index in [1.807, 2.05) is 13.0 Å². The van der Waals surface area contributed by atoms with Crippen LogP contribution in [0, 0.1) is 0 Å². The summed E-state index contributed by atoms with van der Waals surface area (Å²) in [7, 11) is 0. The molecule has 0 aliphatic carbocycles. The molecule has 1 aliphatic heterocycles. The van der Waals surface area contributed by atoms with E-state index in [0.717, 1.165) is 32.4 Å². The third kappa shape index (κ3) is 2.95. The van der Waals surface area contributed by atoms with Gasteiger partial charge in [0.05, 0.1) is 6.61 Å². The lowest BCUT2D eigenvalue weighted by Crippen LogP contribution is -2.38. The number of hydrogen-bond donors (Lipinski definition) is 1. The number of benzene rings is 1. The summed E-state index contributed by atoms with van der Waals surface area (Å²) in [5.74, 6) is -0.0612. The van der Waals surface area contributed by atoms with Crippen molar-refractivity contribution in [2.45, 2.75) is 32.2 Å². The Bertz CT molecular complexity index is 620. The first kappa shape index (κ1) is 14.1. The smallest absolute Gasteiger partial charge is 0.323 e. The van der Waals surface area contributed by atoms with E-state index in [0.29, 0.717) is 6.61 Å². The van der Waals surface area contributed by atoms with E-state index in [-0.39, 0.29) is 12.0 Å². The number of esters is 1. The van der Waals surface area contributed by atoms with Crippen LogP contribution in [-0.4, -0.2) is 41.6 Å². The molecule has 0 bridgehead atoms. The zero-order chi connectivity index (χ0) is 14.7. The van der Waals surface area contributed by atoms with E-state index in [4.69, 9.17) is 4.74 Å². The fraction of sp³-hybridized carbons (Fsp3) is 0.471. The maximum atomic E-state index is 12.0. The third-order valence-electron chi connectivity index (χ3n) is 4.27. The van der Waals surface area contributed by atoms with Crippen LogP contribution in [0.4, 0.5) is 0 Å². The van der Waals surface area contributed by atoms with Crippen molar-refractivity contribution in [1.29, 1.82) is 0 Å². The van der Waals surface area contributed by atoms with Gasteiger partial charge in [-0.2, -0.15) is 0 Å². The molecule has 2 heterocycles. The number of nitrogens with one attached hydrogen (secondary N) is 1. The molecule has 1 N–H and O–H groups in total. The normalized spacial score (nSPS) is 19.2. The number of carbonyl (C=O) groups excluding carboxylic acids is 1. The molecule has 1 aliphatic rings. The fourth-order valence-electron chi connectivity index (χ4n) is 3.20. The van der Waals surface area contributed by atoms with Gasteiger partial charge in [-0.1, -0.05) is 18.2 Å². The number of hydrogen-bond acceptors (Lipinski definition) is 3. The van der Waals surface area contributed by atoms with Crippen LogP contribution in [-0.2, 0) is 16.0 Å². The van der Waals surface area contributed by atoms with Crippen LogP contribution in [0.2, 0.25) is 0 Å². The summed E-state index contributed by atoms with van der Waals surface area (Å²) in [6, 6.07) is 8.30. The fourth-order valence-corrected chi connectivity index (χ4v) is 3.20. The summed E-state index contributed by atoms with van der Waals surface area (Å²) in [5, 5.41) is 1.28. The molecule has 3 rings (SSSR count). The van der Waals surface area contributed by atoms with Crippen molar-refractivity contribution in [1.82, 2.24) is 9.88 Å². The van der Waals surface area contributed by atoms with Gasteiger partial charge in [0.25, 0.3) is 0 Å². The van der Waals surface area contributed by atoms with Gasteiger partial charge < -0.3 is 9.72 Å². The molecule has 1 aromatic carbocycles. The summed E-state index contributed by atoms with van der Waals surface area (Å²) >= 11 is 0. The van der Waals surface area contributed by atoms with Gasteiger partial charge in [0.15, 0.2) is 0 Å². The minimum absolute atomic E-state index is 0.0462. The molecule has 1 aromatic heterocycles. The van der Waals surface area contributed by atoms with E-state index >= 15 is 0 Å². The third-order valence-corrected chi connectivity index (χ3v) is 4.27. The summed E-state index contributed by atoms with van der Waals surface area (Å²) in [6.45, 7) is 4.23. The number of aromatic nitrogens is 1. The molecule has 4 heteroatoms. The van der Waals surface area contributed by atoms with Crippen LogP contribution >= 0.6 is 0 Å². The number of para-hydroxylation sites is 1. The van der Waals surface area contributed by atoms with Crippen molar-refractivity contribution in [3.05, 3.63) is 36.0 Å². The molecule has 21 heavy (non-hydrogen) atoms. The van der Waals surface area contributed by atoms with Crippen molar-refractivity contribution in [3.63, 3.8) is 0 Å². The predicted molar refractivity (Wildman–Crippen MR) is 83.2 cm³/mol. The molecule has 1 atom stereocenters. The zero-order valence-electron chi connectivity index (χ0n) is 12.5. The van der Waals surface area contributed by atoms with Crippen molar-refractivity contribution >= 4 is 16.9 Å². The maximum absolute atomic E-state index is 12.0. The average molecular weight is 286 g/mol. The van der Waals surface area contributed by atoms with Gasteiger partial charge in [-0.3, -0.25) is 9.69 Å². The predicted octanol–water partition coefficient (Wildman–Crippen LogP) is 2.74. The molecule has 0 radical (unpaired) electrons. The van der Waals surface area contributed by atoms with E-state index in [1.165, 1.54) is 16.5 Å². The van der Waals surface area contributed by atoms with Crippen LogP contribution < -0.4 is 0 Å². The number of fused-ring (bicyclic) bond motifs is 1. The lowest BCUT2D eigenvalue weighted by Gasteiger charge is -2.22. The lowest BCUT2D eigenvalue weighted by atomic mass is 10.1. The molecule has 112 valence electrons. The molecule has 0 amide bonds. The highest BCUT2D eigenvalue weighted by atomic mass is 16.5. The first-order valence-corrected chi connectivity index (χ1v) is 7.75. The van der Waals surface area contributed by atoms with Gasteiger partial charge in [-0.25, -0.2) is 0 Å². The number of likely N-dealkylation sites (tertiary alicyclic amines) is 1. The minimum Gasteiger partial charge on any atom is -0.465 e. The molecule has 1 unspecified atom stereocenters. The number of H-pyrrole nitrogens is 1. The van der Waals surface area contributed by atoms with Gasteiger partial charge >= 0.3 is 5.97 Å². The van der Waals surface area contributed by atoms with Gasteiger partial charge in [0.2, 0.25) is 0 Å². The monoisotopic (exact) mass is 286 g/mol. The van der Waals surface area contributed by atoms with Gasteiger partial charge in [0.1, 0.15) is 6.04 Å². The Hall–Kier alpha value is -1.81. The molecule has 2 aromatic rings. The van der Waals surface area contributed by atoms with Crippen molar-refractivity contribution in [2.24, 2.45) is 0 Å². The molecular weight excluding hydrogens is 264 g/mol. The highest BCUT2D eigenvalue weighted by Crippen LogP contribution is 2.22. The van der Waals surface area contributed by atoms with Crippen LogP contribution in [0.5, 0.6) is 0 Å². The number of carbonyl (C=O) groups is 1. The molecule has 0 spiro atoms. The maximum Gasteiger partial charge on any atom is 0.323 e. The summed E-state index contributed by atoms with van der Waals surface area (Å²) in [6.07, 6.45) is 5.05. The number of ether oxygens (including phenoxy) is 1. The second kappa shape index (κ2) is 6.31. The summed E-state index contributed by atoms with van der Waals surface area (Å²) in [4.78, 5) is 17.5. The van der Waals surface area contributed by atoms with E-state index in [1.54, 1.807) is 0 Å². The Labute approximate surface area is 125 Å².